The van der Waals surface area contributed by atoms with E-state index in [1.807, 2.05) is 13.0 Å². The molecule has 1 aromatic carbocycles. The monoisotopic (exact) mass is 421 g/mol. The van der Waals surface area contributed by atoms with Gasteiger partial charge < -0.3 is 14.4 Å². The molecule has 0 amide bonds. The van der Waals surface area contributed by atoms with Crippen LogP contribution in [0.5, 0.6) is 0 Å². The Bertz CT molecular complexity index is 993. The van der Waals surface area contributed by atoms with Gasteiger partial charge in [-0.05, 0) is 37.3 Å². The van der Waals surface area contributed by atoms with E-state index < -0.39 is 23.9 Å². The average molecular weight is 421 g/mol. The van der Waals surface area contributed by atoms with Crippen molar-refractivity contribution in [2.45, 2.75) is 38.5 Å². The van der Waals surface area contributed by atoms with Gasteiger partial charge in [0.1, 0.15) is 18.1 Å². The zero-order valence-electron chi connectivity index (χ0n) is 16.0. The van der Waals surface area contributed by atoms with Crippen LogP contribution in [0.15, 0.2) is 42.6 Å². The molecule has 0 radical (unpaired) electrons. The summed E-state index contributed by atoms with van der Waals surface area (Å²) in [7, 11) is 0. The van der Waals surface area contributed by atoms with Crippen LogP contribution in [0.1, 0.15) is 18.5 Å². The van der Waals surface area contributed by atoms with E-state index in [4.69, 9.17) is 0 Å². The van der Waals surface area contributed by atoms with Gasteiger partial charge in [0, 0.05) is 47.4 Å². The molecule has 1 fully saturated rings. The van der Waals surface area contributed by atoms with Gasteiger partial charge in [0.05, 0.1) is 11.2 Å². The number of hydrogen-bond acceptors (Lipinski definition) is 3. The standard InChI is InChI=1S/C21H22F3N3OS/c1-14-5-6-15(12-25-14)20-11-17-18(26-16-7-9-29(28)10-8-16)3-2-4-19(17)27(20)13-21(22,23)24/h2-6,11-12,16,26H,7-10,13H2,1H3. The first kappa shape index (κ1) is 20.1. The minimum Gasteiger partial charge on any atom is -0.616 e. The maximum Gasteiger partial charge on any atom is 0.406 e. The summed E-state index contributed by atoms with van der Waals surface area (Å²) in [5.74, 6) is 1.31. The molecule has 0 bridgehead atoms. The van der Waals surface area contributed by atoms with E-state index in [1.54, 1.807) is 36.5 Å². The van der Waals surface area contributed by atoms with Crippen molar-refractivity contribution in [2.24, 2.45) is 0 Å². The molecule has 0 unspecified atom stereocenters. The van der Waals surface area contributed by atoms with E-state index in [1.165, 1.54) is 4.57 Å². The van der Waals surface area contributed by atoms with Gasteiger partial charge in [0.25, 0.3) is 0 Å². The van der Waals surface area contributed by atoms with E-state index in [0.717, 1.165) is 29.6 Å². The van der Waals surface area contributed by atoms with Crippen molar-refractivity contribution in [1.82, 2.24) is 9.55 Å². The highest BCUT2D eigenvalue weighted by Crippen LogP contribution is 2.35. The van der Waals surface area contributed by atoms with Crippen molar-refractivity contribution < 1.29 is 17.7 Å². The van der Waals surface area contributed by atoms with Crippen LogP contribution in [0.4, 0.5) is 18.9 Å². The molecule has 3 aromatic rings. The number of pyridine rings is 1. The number of benzene rings is 1. The highest BCUT2D eigenvalue weighted by atomic mass is 32.2. The number of aryl methyl sites for hydroxylation is 1. The Hall–Kier alpha value is -2.19. The van der Waals surface area contributed by atoms with E-state index in [0.29, 0.717) is 28.3 Å². The molecule has 8 heteroatoms. The molecular formula is C21H22F3N3OS. The predicted molar refractivity (Wildman–Crippen MR) is 110 cm³/mol. The Morgan fingerprint density at radius 1 is 1.21 bits per heavy atom. The third-order valence-corrected chi connectivity index (χ3v) is 6.62. The molecule has 0 saturated carbocycles. The molecule has 0 spiro atoms. The number of rotatable bonds is 4. The van der Waals surface area contributed by atoms with E-state index in [-0.39, 0.29) is 6.04 Å². The number of fused-ring (bicyclic) bond motifs is 1. The van der Waals surface area contributed by atoms with Crippen molar-refractivity contribution in [2.75, 3.05) is 16.8 Å². The first-order valence-electron chi connectivity index (χ1n) is 9.54. The first-order chi connectivity index (χ1) is 13.8. The van der Waals surface area contributed by atoms with Crippen molar-refractivity contribution >= 4 is 27.8 Å². The molecule has 2 aromatic heterocycles. The normalized spacial score (nSPS) is 20.2. The Morgan fingerprint density at radius 3 is 2.62 bits per heavy atom. The Morgan fingerprint density at radius 2 is 1.97 bits per heavy atom. The van der Waals surface area contributed by atoms with E-state index >= 15 is 0 Å². The average Bonchev–Trinajstić information content (AvgIpc) is 3.02. The fourth-order valence-electron chi connectivity index (χ4n) is 3.78. The molecule has 0 atom stereocenters. The van der Waals surface area contributed by atoms with Gasteiger partial charge in [-0.2, -0.15) is 13.2 Å². The molecular weight excluding hydrogens is 399 g/mol. The van der Waals surface area contributed by atoms with Crippen LogP contribution >= 0.6 is 0 Å². The Kier molecular flexibility index (Phi) is 5.48. The van der Waals surface area contributed by atoms with Gasteiger partial charge >= 0.3 is 6.18 Å². The summed E-state index contributed by atoms with van der Waals surface area (Å²) in [6.07, 6.45) is -1.14. The van der Waals surface area contributed by atoms with Gasteiger partial charge in [-0.3, -0.25) is 4.98 Å². The lowest BCUT2D eigenvalue weighted by Crippen LogP contribution is -2.32. The third kappa shape index (κ3) is 4.53. The molecule has 3 heterocycles. The van der Waals surface area contributed by atoms with Crippen molar-refractivity contribution in [3.63, 3.8) is 0 Å². The van der Waals surface area contributed by atoms with Crippen LogP contribution in [0.25, 0.3) is 22.2 Å². The quantitative estimate of drug-likeness (QED) is 0.610. The molecule has 1 aliphatic heterocycles. The largest absolute Gasteiger partial charge is 0.616 e. The topological polar surface area (TPSA) is 52.9 Å². The van der Waals surface area contributed by atoms with Crippen LogP contribution in [-0.2, 0) is 17.7 Å². The van der Waals surface area contributed by atoms with Crippen molar-refractivity contribution in [1.29, 1.82) is 0 Å². The lowest BCUT2D eigenvalue weighted by molar-refractivity contribution is -0.139. The number of anilines is 1. The van der Waals surface area contributed by atoms with Crippen molar-refractivity contribution in [3.05, 3.63) is 48.3 Å². The first-order valence-corrected chi connectivity index (χ1v) is 11.0. The zero-order valence-corrected chi connectivity index (χ0v) is 16.8. The number of nitrogens with zero attached hydrogens (tertiary/aromatic N) is 2. The lowest BCUT2D eigenvalue weighted by atomic mass is 10.1. The van der Waals surface area contributed by atoms with Gasteiger partial charge in [0.15, 0.2) is 0 Å². The summed E-state index contributed by atoms with van der Waals surface area (Å²) in [4.78, 5) is 4.25. The molecule has 29 heavy (non-hydrogen) atoms. The van der Waals surface area contributed by atoms with Crippen LogP contribution in [-0.4, -0.2) is 37.8 Å². The summed E-state index contributed by atoms with van der Waals surface area (Å²) in [5, 5.41) is 4.21. The summed E-state index contributed by atoms with van der Waals surface area (Å²) in [6.45, 7) is 0.778. The SMILES string of the molecule is Cc1ccc(-c2cc3c(NC4CC[S+]([O-])CC4)cccc3n2CC(F)(F)F)cn1. The van der Waals surface area contributed by atoms with Gasteiger partial charge in [0.2, 0.25) is 0 Å². The van der Waals surface area contributed by atoms with Crippen molar-refractivity contribution in [3.8, 4) is 11.3 Å². The summed E-state index contributed by atoms with van der Waals surface area (Å²) < 4.78 is 52.9. The lowest BCUT2D eigenvalue weighted by Gasteiger charge is -2.26. The second-order valence-electron chi connectivity index (χ2n) is 7.42. The van der Waals surface area contributed by atoms with Crippen LogP contribution < -0.4 is 5.32 Å². The van der Waals surface area contributed by atoms with Crippen LogP contribution in [0, 0.1) is 6.92 Å². The van der Waals surface area contributed by atoms with Gasteiger partial charge in [-0.15, -0.1) is 0 Å². The number of alkyl halides is 3. The number of hydrogen-bond donors (Lipinski definition) is 1. The number of halogens is 3. The third-order valence-electron chi connectivity index (χ3n) is 5.24. The Labute approximate surface area is 170 Å². The van der Waals surface area contributed by atoms with Gasteiger partial charge in [-0.25, -0.2) is 0 Å². The highest BCUT2D eigenvalue weighted by molar-refractivity contribution is 7.91. The molecule has 154 valence electrons. The second kappa shape index (κ2) is 7.91. The fraction of sp³-hybridized carbons (Fsp3) is 0.381. The zero-order chi connectivity index (χ0) is 20.6. The molecule has 4 nitrogen and oxygen atoms in total. The molecule has 1 N–H and O–H groups in total. The maximum atomic E-state index is 13.3. The van der Waals surface area contributed by atoms with Gasteiger partial charge in [-0.1, -0.05) is 17.2 Å². The molecule has 0 aliphatic carbocycles. The van der Waals surface area contributed by atoms with Crippen LogP contribution in [0.2, 0.25) is 0 Å². The number of nitrogens with one attached hydrogen (secondary N) is 1. The maximum absolute atomic E-state index is 13.3. The van der Waals surface area contributed by atoms with E-state index in [9.17, 15) is 17.7 Å². The number of aromatic nitrogens is 2. The molecule has 1 aliphatic rings. The minimum atomic E-state index is -4.34. The summed E-state index contributed by atoms with van der Waals surface area (Å²) in [5.41, 5.74) is 3.29. The minimum absolute atomic E-state index is 0.175. The second-order valence-corrected chi connectivity index (χ2v) is 9.12. The Balaban J connectivity index is 1.77. The predicted octanol–water partition coefficient (Wildman–Crippen LogP) is 4.90. The highest BCUT2D eigenvalue weighted by Gasteiger charge is 2.30. The summed E-state index contributed by atoms with van der Waals surface area (Å²) in [6, 6.07) is 11.0. The van der Waals surface area contributed by atoms with E-state index in [2.05, 4.69) is 10.3 Å². The molecule has 1 saturated heterocycles. The smallest absolute Gasteiger partial charge is 0.406 e. The molecule has 4 rings (SSSR count). The summed E-state index contributed by atoms with van der Waals surface area (Å²) >= 11 is -0.760. The fourth-order valence-corrected chi connectivity index (χ4v) is 5.08. The van der Waals surface area contributed by atoms with Crippen LogP contribution in [0.3, 0.4) is 0 Å².